The molecule has 88 valence electrons. The molecule has 0 spiro atoms. The van der Waals surface area contributed by atoms with Crippen LogP contribution in [0.25, 0.3) is 0 Å². The molecular formula is C12H16BrNO2. The predicted octanol–water partition coefficient (Wildman–Crippen LogP) is 3.06. The van der Waals surface area contributed by atoms with E-state index in [9.17, 15) is 4.79 Å². The zero-order valence-electron chi connectivity index (χ0n) is 9.50. The van der Waals surface area contributed by atoms with Crippen LogP contribution in [0.4, 0.5) is 5.69 Å². The Hall–Kier alpha value is -0.870. The highest BCUT2D eigenvalue weighted by atomic mass is 79.9. The summed E-state index contributed by atoms with van der Waals surface area (Å²) in [6.45, 7) is 2.59. The van der Waals surface area contributed by atoms with Gasteiger partial charge in [-0.25, -0.2) is 0 Å². The molecule has 0 fully saturated rings. The molecule has 1 amide bonds. The molecule has 1 aromatic rings. The lowest BCUT2D eigenvalue weighted by Crippen LogP contribution is -2.17. The van der Waals surface area contributed by atoms with Crippen molar-refractivity contribution >= 4 is 27.5 Å². The molecule has 0 radical (unpaired) electrons. The van der Waals surface area contributed by atoms with Crippen LogP contribution < -0.4 is 5.32 Å². The number of amides is 1. The minimum absolute atomic E-state index is 0.0163. The molecule has 3 nitrogen and oxygen atoms in total. The number of ether oxygens (including phenoxy) is 1. The van der Waals surface area contributed by atoms with E-state index >= 15 is 0 Å². The second kappa shape index (κ2) is 6.66. The van der Waals surface area contributed by atoms with Crippen molar-refractivity contribution in [2.45, 2.75) is 13.3 Å². The summed E-state index contributed by atoms with van der Waals surface area (Å²) in [4.78, 5) is 11.6. The van der Waals surface area contributed by atoms with Crippen molar-refractivity contribution in [1.29, 1.82) is 0 Å². The van der Waals surface area contributed by atoms with Crippen molar-refractivity contribution in [3.63, 3.8) is 0 Å². The van der Waals surface area contributed by atoms with Crippen molar-refractivity contribution in [2.24, 2.45) is 5.92 Å². The fourth-order valence-electron chi connectivity index (χ4n) is 1.44. The normalized spacial score (nSPS) is 12.2. The third kappa shape index (κ3) is 4.77. The standard InChI is InChI=1S/C12H16BrNO2/c1-9(8-16-2)6-12(15)14-11-5-3-4-10(13)7-11/h3-5,7,9H,6,8H2,1-2H3,(H,14,15). The van der Waals surface area contributed by atoms with E-state index < -0.39 is 0 Å². The highest BCUT2D eigenvalue weighted by Gasteiger charge is 2.08. The van der Waals surface area contributed by atoms with E-state index in [1.165, 1.54) is 0 Å². The number of benzene rings is 1. The van der Waals surface area contributed by atoms with E-state index in [1.54, 1.807) is 7.11 Å². The average Bonchev–Trinajstić information content (AvgIpc) is 2.17. The first-order valence-corrected chi connectivity index (χ1v) is 5.95. The molecule has 1 rings (SSSR count). The van der Waals surface area contributed by atoms with Gasteiger partial charge in [-0.05, 0) is 24.1 Å². The summed E-state index contributed by atoms with van der Waals surface area (Å²) in [5, 5.41) is 2.85. The fourth-order valence-corrected chi connectivity index (χ4v) is 1.84. The van der Waals surface area contributed by atoms with Gasteiger partial charge in [0.15, 0.2) is 0 Å². The Kier molecular flexibility index (Phi) is 5.49. The lowest BCUT2D eigenvalue weighted by Gasteiger charge is -2.10. The monoisotopic (exact) mass is 285 g/mol. The van der Waals surface area contributed by atoms with Crippen molar-refractivity contribution in [2.75, 3.05) is 19.0 Å². The van der Waals surface area contributed by atoms with Crippen LogP contribution in [0.3, 0.4) is 0 Å². The molecule has 0 aliphatic rings. The van der Waals surface area contributed by atoms with Crippen LogP contribution in [0.1, 0.15) is 13.3 Å². The van der Waals surface area contributed by atoms with E-state index in [2.05, 4.69) is 21.2 Å². The van der Waals surface area contributed by atoms with Gasteiger partial charge in [0.25, 0.3) is 0 Å². The van der Waals surface area contributed by atoms with E-state index in [0.29, 0.717) is 13.0 Å². The Balaban J connectivity index is 2.45. The molecule has 1 unspecified atom stereocenters. The summed E-state index contributed by atoms with van der Waals surface area (Å²) in [6.07, 6.45) is 0.473. The van der Waals surface area contributed by atoms with Crippen LogP contribution in [-0.2, 0) is 9.53 Å². The maximum absolute atomic E-state index is 11.6. The molecule has 1 aromatic carbocycles. The largest absolute Gasteiger partial charge is 0.384 e. The van der Waals surface area contributed by atoms with Gasteiger partial charge in [0.05, 0.1) is 0 Å². The van der Waals surface area contributed by atoms with Gasteiger partial charge in [0, 0.05) is 30.3 Å². The molecular weight excluding hydrogens is 270 g/mol. The van der Waals surface area contributed by atoms with Crippen molar-refractivity contribution in [3.05, 3.63) is 28.7 Å². The smallest absolute Gasteiger partial charge is 0.224 e. The number of carbonyl (C=O) groups excluding carboxylic acids is 1. The van der Waals surface area contributed by atoms with Crippen LogP contribution in [0, 0.1) is 5.92 Å². The first kappa shape index (κ1) is 13.2. The van der Waals surface area contributed by atoms with Gasteiger partial charge in [-0.3, -0.25) is 4.79 Å². The Morgan fingerprint density at radius 2 is 2.31 bits per heavy atom. The van der Waals surface area contributed by atoms with E-state index in [1.807, 2.05) is 31.2 Å². The van der Waals surface area contributed by atoms with Gasteiger partial charge in [-0.1, -0.05) is 28.9 Å². The second-order valence-electron chi connectivity index (χ2n) is 3.82. The van der Waals surface area contributed by atoms with E-state index in [-0.39, 0.29) is 11.8 Å². The lowest BCUT2D eigenvalue weighted by atomic mass is 10.1. The molecule has 1 atom stereocenters. The van der Waals surface area contributed by atoms with Gasteiger partial charge < -0.3 is 10.1 Å². The summed E-state index contributed by atoms with van der Waals surface area (Å²) in [5.74, 6) is 0.250. The van der Waals surface area contributed by atoms with Crippen LogP contribution in [0.2, 0.25) is 0 Å². The zero-order chi connectivity index (χ0) is 12.0. The Labute approximate surface area is 104 Å². The van der Waals surface area contributed by atoms with Crippen LogP contribution >= 0.6 is 15.9 Å². The highest BCUT2D eigenvalue weighted by Crippen LogP contribution is 2.16. The molecule has 0 aliphatic carbocycles. The summed E-state index contributed by atoms with van der Waals surface area (Å²) in [7, 11) is 1.64. The van der Waals surface area contributed by atoms with Gasteiger partial charge in [0.2, 0.25) is 5.91 Å². The number of methoxy groups -OCH3 is 1. The van der Waals surface area contributed by atoms with Gasteiger partial charge in [-0.2, -0.15) is 0 Å². The Bertz CT molecular complexity index is 355. The molecule has 0 heterocycles. The molecule has 0 saturated heterocycles. The zero-order valence-corrected chi connectivity index (χ0v) is 11.1. The molecule has 1 N–H and O–H groups in total. The number of nitrogens with one attached hydrogen (secondary N) is 1. The first-order valence-electron chi connectivity index (χ1n) is 5.16. The van der Waals surface area contributed by atoms with Gasteiger partial charge >= 0.3 is 0 Å². The summed E-state index contributed by atoms with van der Waals surface area (Å²) in [5.41, 5.74) is 0.809. The summed E-state index contributed by atoms with van der Waals surface area (Å²) in [6, 6.07) is 7.55. The van der Waals surface area contributed by atoms with Crippen molar-refractivity contribution in [1.82, 2.24) is 0 Å². The molecule has 0 saturated carbocycles. The fraction of sp³-hybridized carbons (Fsp3) is 0.417. The van der Waals surface area contributed by atoms with Crippen LogP contribution in [-0.4, -0.2) is 19.6 Å². The third-order valence-corrected chi connectivity index (χ3v) is 2.59. The van der Waals surface area contributed by atoms with Crippen molar-refractivity contribution < 1.29 is 9.53 Å². The van der Waals surface area contributed by atoms with E-state index in [0.717, 1.165) is 10.2 Å². The van der Waals surface area contributed by atoms with Gasteiger partial charge in [0.1, 0.15) is 0 Å². The number of anilines is 1. The predicted molar refractivity (Wildman–Crippen MR) is 68.4 cm³/mol. The number of hydrogen-bond acceptors (Lipinski definition) is 2. The molecule has 4 heteroatoms. The molecule has 0 bridgehead atoms. The minimum atomic E-state index is 0.0163. The minimum Gasteiger partial charge on any atom is -0.384 e. The number of rotatable bonds is 5. The Morgan fingerprint density at radius 3 is 2.94 bits per heavy atom. The quantitative estimate of drug-likeness (QED) is 0.903. The van der Waals surface area contributed by atoms with Crippen LogP contribution in [0.15, 0.2) is 28.7 Å². The van der Waals surface area contributed by atoms with Gasteiger partial charge in [-0.15, -0.1) is 0 Å². The lowest BCUT2D eigenvalue weighted by molar-refractivity contribution is -0.117. The Morgan fingerprint density at radius 1 is 1.56 bits per heavy atom. The highest BCUT2D eigenvalue weighted by molar-refractivity contribution is 9.10. The van der Waals surface area contributed by atoms with E-state index in [4.69, 9.17) is 4.74 Å². The molecule has 0 aliphatic heterocycles. The van der Waals surface area contributed by atoms with Crippen molar-refractivity contribution in [3.8, 4) is 0 Å². The first-order chi connectivity index (χ1) is 7.61. The molecule has 0 aromatic heterocycles. The summed E-state index contributed by atoms with van der Waals surface area (Å²) < 4.78 is 5.94. The summed E-state index contributed by atoms with van der Waals surface area (Å²) >= 11 is 3.36. The molecule has 16 heavy (non-hydrogen) atoms. The second-order valence-corrected chi connectivity index (χ2v) is 4.74. The topological polar surface area (TPSA) is 38.3 Å². The SMILES string of the molecule is COCC(C)CC(=O)Nc1cccc(Br)c1. The number of hydrogen-bond donors (Lipinski definition) is 1. The number of halogens is 1. The third-order valence-electron chi connectivity index (χ3n) is 2.09. The van der Waals surface area contributed by atoms with Crippen LogP contribution in [0.5, 0.6) is 0 Å². The maximum Gasteiger partial charge on any atom is 0.224 e. The number of carbonyl (C=O) groups is 1. The maximum atomic E-state index is 11.6. The average molecular weight is 286 g/mol.